The maximum absolute atomic E-state index is 12.0. The summed E-state index contributed by atoms with van der Waals surface area (Å²) < 4.78 is 12.5. The third-order valence-electron chi connectivity index (χ3n) is 4.94. The number of fused-ring (bicyclic) bond motifs is 1. The van der Waals surface area contributed by atoms with Crippen LogP contribution in [0.4, 0.5) is 0 Å². The van der Waals surface area contributed by atoms with Crippen molar-refractivity contribution in [1.82, 2.24) is 20.2 Å². The van der Waals surface area contributed by atoms with Gasteiger partial charge in [-0.05, 0) is 54.5 Å². The largest absolute Gasteiger partial charge is 0.489 e. The summed E-state index contributed by atoms with van der Waals surface area (Å²) >= 11 is 6.43. The first-order chi connectivity index (χ1) is 13.9. The fraction of sp³-hybridized carbons (Fsp3) is 0.200. The highest BCUT2D eigenvalue weighted by Crippen LogP contribution is 2.32. The molecule has 1 N–H and O–H groups in total. The van der Waals surface area contributed by atoms with E-state index in [1.165, 1.54) is 4.68 Å². The maximum Gasteiger partial charge on any atom is 0.365 e. The standard InChI is InChI=1S/C20H17ClN4O4/c1-10-5-4-6-16(25-20(27)22-23-24-25)14(10)9-28-13-7-15(21)18-11(2)12(3)19(26)29-17(18)8-13/h4-8H,9H2,1-3H3,(H,22,24,27). The van der Waals surface area contributed by atoms with Crippen LogP contribution in [0.15, 0.2) is 44.3 Å². The van der Waals surface area contributed by atoms with Crippen molar-refractivity contribution in [3.05, 3.63) is 78.5 Å². The van der Waals surface area contributed by atoms with E-state index in [0.29, 0.717) is 33.0 Å². The molecule has 9 heteroatoms. The molecule has 0 fully saturated rings. The Labute approximate surface area is 169 Å². The zero-order chi connectivity index (χ0) is 20.7. The summed E-state index contributed by atoms with van der Waals surface area (Å²) in [6.07, 6.45) is 0. The Balaban J connectivity index is 1.73. The van der Waals surface area contributed by atoms with E-state index >= 15 is 0 Å². The van der Waals surface area contributed by atoms with Crippen LogP contribution in [0.1, 0.15) is 22.3 Å². The smallest absolute Gasteiger partial charge is 0.365 e. The van der Waals surface area contributed by atoms with Gasteiger partial charge >= 0.3 is 11.3 Å². The zero-order valence-corrected chi connectivity index (χ0v) is 16.7. The van der Waals surface area contributed by atoms with Gasteiger partial charge in [0.1, 0.15) is 17.9 Å². The fourth-order valence-electron chi connectivity index (χ4n) is 3.19. The third-order valence-corrected chi connectivity index (χ3v) is 5.24. The molecule has 0 amide bonds. The van der Waals surface area contributed by atoms with Gasteiger partial charge in [0.05, 0.1) is 10.7 Å². The average Bonchev–Trinajstić information content (AvgIpc) is 3.10. The molecule has 2 heterocycles. The molecule has 0 saturated heterocycles. The fourth-order valence-corrected chi connectivity index (χ4v) is 3.53. The van der Waals surface area contributed by atoms with E-state index in [-0.39, 0.29) is 6.61 Å². The summed E-state index contributed by atoms with van der Waals surface area (Å²) in [6, 6.07) is 8.80. The molecule has 148 valence electrons. The first kappa shape index (κ1) is 18.9. The lowest BCUT2D eigenvalue weighted by molar-refractivity contribution is 0.304. The molecule has 0 radical (unpaired) electrons. The van der Waals surface area contributed by atoms with Gasteiger partial charge in [0.25, 0.3) is 0 Å². The highest BCUT2D eigenvalue weighted by atomic mass is 35.5. The van der Waals surface area contributed by atoms with Gasteiger partial charge in [-0.1, -0.05) is 23.7 Å². The lowest BCUT2D eigenvalue weighted by Gasteiger charge is -2.14. The van der Waals surface area contributed by atoms with E-state index < -0.39 is 11.3 Å². The van der Waals surface area contributed by atoms with E-state index in [9.17, 15) is 9.59 Å². The molecule has 0 aliphatic carbocycles. The van der Waals surface area contributed by atoms with E-state index in [4.69, 9.17) is 20.8 Å². The summed E-state index contributed by atoms with van der Waals surface area (Å²) in [5, 5.41) is 10.7. The van der Waals surface area contributed by atoms with Crippen LogP contribution in [-0.4, -0.2) is 20.2 Å². The van der Waals surface area contributed by atoms with E-state index in [2.05, 4.69) is 15.5 Å². The van der Waals surface area contributed by atoms with Gasteiger partial charge in [0.15, 0.2) is 0 Å². The van der Waals surface area contributed by atoms with Gasteiger partial charge in [0, 0.05) is 22.6 Å². The molecule has 4 rings (SSSR count). The Hall–Kier alpha value is -3.39. The van der Waals surface area contributed by atoms with Crippen LogP contribution in [-0.2, 0) is 6.61 Å². The number of hydrogen-bond acceptors (Lipinski definition) is 6. The number of halogens is 1. The van der Waals surface area contributed by atoms with E-state index in [1.807, 2.05) is 26.0 Å². The van der Waals surface area contributed by atoms with Gasteiger partial charge in [-0.2, -0.15) is 4.68 Å². The SMILES string of the molecule is Cc1cccc(-n2nn[nH]c2=O)c1COc1cc(Cl)c2c(C)c(C)c(=O)oc2c1. The van der Waals surface area contributed by atoms with E-state index in [0.717, 1.165) is 16.7 Å². The predicted molar refractivity (Wildman–Crippen MR) is 108 cm³/mol. The molecular formula is C20H17ClN4O4. The predicted octanol–water partition coefficient (Wildman–Crippen LogP) is 3.22. The second-order valence-electron chi connectivity index (χ2n) is 6.70. The first-order valence-electron chi connectivity index (χ1n) is 8.82. The lowest BCUT2D eigenvalue weighted by Crippen LogP contribution is -2.18. The number of nitrogens with one attached hydrogen (secondary N) is 1. The first-order valence-corrected chi connectivity index (χ1v) is 9.20. The molecule has 0 aliphatic heterocycles. The van der Waals surface area contributed by atoms with Crippen molar-refractivity contribution in [1.29, 1.82) is 0 Å². The zero-order valence-electron chi connectivity index (χ0n) is 15.9. The van der Waals surface area contributed by atoms with E-state index in [1.54, 1.807) is 25.1 Å². The van der Waals surface area contributed by atoms with Crippen LogP contribution in [0.25, 0.3) is 16.7 Å². The van der Waals surface area contributed by atoms with Gasteiger partial charge in [-0.3, -0.25) is 0 Å². The molecule has 0 saturated carbocycles. The summed E-state index contributed by atoms with van der Waals surface area (Å²) in [5.74, 6) is 0.440. The Morgan fingerprint density at radius 3 is 2.69 bits per heavy atom. The molecule has 0 spiro atoms. The topological polar surface area (TPSA) is 103 Å². The van der Waals surface area contributed by atoms with Gasteiger partial charge in [-0.15, -0.1) is 0 Å². The summed E-state index contributed by atoms with van der Waals surface area (Å²) in [5.41, 5.74) is 3.05. The number of tetrazole rings is 1. The third kappa shape index (κ3) is 3.31. The monoisotopic (exact) mass is 412 g/mol. The molecule has 8 nitrogen and oxygen atoms in total. The van der Waals surface area contributed by atoms with Crippen molar-refractivity contribution in [2.24, 2.45) is 0 Å². The second kappa shape index (κ2) is 7.21. The van der Waals surface area contributed by atoms with Crippen molar-refractivity contribution in [3.8, 4) is 11.4 Å². The molecule has 0 aliphatic rings. The van der Waals surface area contributed by atoms with Crippen LogP contribution >= 0.6 is 11.6 Å². The summed E-state index contributed by atoms with van der Waals surface area (Å²) in [7, 11) is 0. The summed E-state index contributed by atoms with van der Waals surface area (Å²) in [6.45, 7) is 5.59. The van der Waals surface area contributed by atoms with Crippen LogP contribution < -0.4 is 16.1 Å². The summed E-state index contributed by atoms with van der Waals surface area (Å²) in [4.78, 5) is 23.9. The number of hydrogen-bond donors (Lipinski definition) is 1. The molecule has 2 aromatic carbocycles. The van der Waals surface area contributed by atoms with Crippen molar-refractivity contribution < 1.29 is 9.15 Å². The Morgan fingerprint density at radius 2 is 1.97 bits per heavy atom. The number of aromatic amines is 1. The van der Waals surface area contributed by atoms with Gasteiger partial charge in [-0.25, -0.2) is 14.7 Å². The lowest BCUT2D eigenvalue weighted by atomic mass is 10.1. The Morgan fingerprint density at radius 1 is 1.17 bits per heavy atom. The molecule has 0 unspecified atom stereocenters. The molecule has 2 aromatic heterocycles. The molecule has 29 heavy (non-hydrogen) atoms. The Bertz CT molecular complexity index is 1350. The number of aryl methyl sites for hydroxylation is 2. The average molecular weight is 413 g/mol. The minimum atomic E-state index is -0.446. The van der Waals surface area contributed by atoms with Crippen molar-refractivity contribution in [3.63, 3.8) is 0 Å². The van der Waals surface area contributed by atoms with Crippen molar-refractivity contribution in [2.45, 2.75) is 27.4 Å². The highest BCUT2D eigenvalue weighted by Gasteiger charge is 2.15. The quantitative estimate of drug-likeness (QED) is 0.516. The number of nitrogens with zero attached hydrogens (tertiary/aromatic N) is 3. The highest BCUT2D eigenvalue weighted by molar-refractivity contribution is 6.35. The van der Waals surface area contributed by atoms with Gasteiger partial charge in [0.2, 0.25) is 0 Å². The molecule has 0 bridgehead atoms. The van der Waals surface area contributed by atoms with Gasteiger partial charge < -0.3 is 9.15 Å². The van der Waals surface area contributed by atoms with Crippen molar-refractivity contribution in [2.75, 3.05) is 0 Å². The minimum Gasteiger partial charge on any atom is -0.489 e. The normalized spacial score (nSPS) is 11.2. The number of H-pyrrole nitrogens is 1. The second-order valence-corrected chi connectivity index (χ2v) is 7.10. The van der Waals surface area contributed by atoms with Crippen LogP contribution in [0, 0.1) is 20.8 Å². The minimum absolute atomic E-state index is 0.151. The number of benzene rings is 2. The number of ether oxygens (including phenoxy) is 1. The maximum atomic E-state index is 12.0. The Kier molecular flexibility index (Phi) is 4.71. The molecule has 4 aromatic rings. The molecule has 0 atom stereocenters. The molecular weight excluding hydrogens is 396 g/mol. The number of rotatable bonds is 4. The van der Waals surface area contributed by atoms with Crippen LogP contribution in [0.2, 0.25) is 5.02 Å². The number of aromatic nitrogens is 4. The van der Waals surface area contributed by atoms with Crippen molar-refractivity contribution >= 4 is 22.6 Å². The van der Waals surface area contributed by atoms with Crippen LogP contribution in [0.3, 0.4) is 0 Å². The van der Waals surface area contributed by atoms with Crippen LogP contribution in [0.5, 0.6) is 5.75 Å².